The maximum Gasteiger partial charge on any atom is 0.151 e. The van der Waals surface area contributed by atoms with Crippen molar-refractivity contribution in [3.8, 4) is 0 Å². The smallest absolute Gasteiger partial charge is 0.151 e. The molecule has 0 aromatic carbocycles. The summed E-state index contributed by atoms with van der Waals surface area (Å²) in [5.41, 5.74) is 0. The lowest BCUT2D eigenvalue weighted by molar-refractivity contribution is 0.275. The van der Waals surface area contributed by atoms with Gasteiger partial charge in [-0.05, 0) is 22.8 Å². The highest BCUT2D eigenvalue weighted by atomic mass is 16.3. The number of aryl methyl sites for hydroxylation is 1. The molecular weight excluding hydrogens is 168 g/mol. The van der Waals surface area contributed by atoms with Crippen LogP contribution in [0, 0.1) is 5.92 Å². The number of aliphatic hydroxyl groups is 1. The Hall–Kier alpha value is -0.970. The highest BCUT2D eigenvalue weighted by molar-refractivity contribution is 4.81. The fourth-order valence-electron chi connectivity index (χ4n) is 1.13. The number of aromatic nitrogens is 4. The molecule has 5 heteroatoms. The Labute approximate surface area is 77.8 Å². The van der Waals surface area contributed by atoms with Gasteiger partial charge in [0.05, 0.1) is 0 Å². The lowest BCUT2D eigenvalue weighted by Gasteiger charge is -2.04. The van der Waals surface area contributed by atoms with Crippen molar-refractivity contribution in [1.29, 1.82) is 0 Å². The van der Waals surface area contributed by atoms with E-state index in [2.05, 4.69) is 29.4 Å². The summed E-state index contributed by atoms with van der Waals surface area (Å²) in [5.74, 6) is 1.46. The number of hydrogen-bond donors (Lipinski definition) is 1. The summed E-state index contributed by atoms with van der Waals surface area (Å²) < 4.78 is 1.76. The van der Waals surface area contributed by atoms with E-state index in [-0.39, 0.29) is 6.61 Å². The van der Waals surface area contributed by atoms with E-state index in [0.29, 0.717) is 18.9 Å². The van der Waals surface area contributed by atoms with Crippen molar-refractivity contribution < 1.29 is 5.11 Å². The maximum absolute atomic E-state index is 8.66. The molecule has 0 aliphatic heterocycles. The summed E-state index contributed by atoms with van der Waals surface area (Å²) in [4.78, 5) is 0. The minimum atomic E-state index is 0.182. The van der Waals surface area contributed by atoms with Gasteiger partial charge in [-0.25, -0.2) is 4.68 Å². The first-order valence-electron chi connectivity index (χ1n) is 4.60. The first-order chi connectivity index (χ1) is 6.24. The monoisotopic (exact) mass is 184 g/mol. The molecular formula is C8H16N4O. The Bertz CT molecular complexity index is 246. The van der Waals surface area contributed by atoms with Crippen molar-refractivity contribution in [3.63, 3.8) is 0 Å². The van der Waals surface area contributed by atoms with Crippen LogP contribution in [-0.2, 0) is 13.0 Å². The zero-order valence-corrected chi connectivity index (χ0v) is 8.14. The molecule has 1 aromatic heterocycles. The molecule has 0 aliphatic carbocycles. The topological polar surface area (TPSA) is 63.8 Å². The van der Waals surface area contributed by atoms with Gasteiger partial charge < -0.3 is 5.11 Å². The third-order valence-corrected chi connectivity index (χ3v) is 1.72. The third kappa shape index (κ3) is 3.10. The van der Waals surface area contributed by atoms with Gasteiger partial charge in [-0.2, -0.15) is 0 Å². The van der Waals surface area contributed by atoms with Gasteiger partial charge in [-0.15, -0.1) is 5.10 Å². The van der Waals surface area contributed by atoms with Crippen LogP contribution < -0.4 is 0 Å². The molecule has 0 aliphatic rings. The first kappa shape index (κ1) is 10.1. The molecule has 0 bridgehead atoms. The van der Waals surface area contributed by atoms with Gasteiger partial charge in [0.25, 0.3) is 0 Å². The van der Waals surface area contributed by atoms with Crippen molar-refractivity contribution in [3.05, 3.63) is 5.82 Å². The minimum Gasteiger partial charge on any atom is -0.396 e. The molecule has 0 saturated carbocycles. The van der Waals surface area contributed by atoms with E-state index in [1.54, 1.807) is 4.68 Å². The summed E-state index contributed by atoms with van der Waals surface area (Å²) >= 11 is 0. The average Bonchev–Trinajstić information content (AvgIpc) is 2.48. The van der Waals surface area contributed by atoms with E-state index in [9.17, 15) is 0 Å². The number of rotatable bonds is 5. The van der Waals surface area contributed by atoms with Gasteiger partial charge in [-0.1, -0.05) is 13.8 Å². The molecule has 1 aromatic rings. The molecule has 1 heterocycles. The van der Waals surface area contributed by atoms with Crippen LogP contribution in [0.2, 0.25) is 0 Å². The molecule has 0 fully saturated rings. The molecule has 74 valence electrons. The van der Waals surface area contributed by atoms with Gasteiger partial charge in [0.15, 0.2) is 5.82 Å². The Morgan fingerprint density at radius 1 is 1.46 bits per heavy atom. The van der Waals surface area contributed by atoms with Gasteiger partial charge in [0, 0.05) is 19.6 Å². The molecule has 1 rings (SSSR count). The Morgan fingerprint density at radius 3 is 2.85 bits per heavy atom. The largest absolute Gasteiger partial charge is 0.396 e. The molecule has 0 amide bonds. The molecule has 1 N–H and O–H groups in total. The maximum atomic E-state index is 8.66. The third-order valence-electron chi connectivity index (χ3n) is 1.72. The number of nitrogens with zero attached hydrogens (tertiary/aromatic N) is 4. The van der Waals surface area contributed by atoms with Crippen molar-refractivity contribution in [1.82, 2.24) is 20.2 Å². The molecule has 0 spiro atoms. The Morgan fingerprint density at radius 2 is 2.23 bits per heavy atom. The summed E-state index contributed by atoms with van der Waals surface area (Å²) in [6, 6.07) is 0. The summed E-state index contributed by atoms with van der Waals surface area (Å²) in [6.45, 7) is 5.14. The number of aliphatic hydroxyl groups excluding tert-OH is 1. The van der Waals surface area contributed by atoms with Crippen LogP contribution in [0.5, 0.6) is 0 Å². The van der Waals surface area contributed by atoms with Crippen LogP contribution in [0.15, 0.2) is 0 Å². The predicted octanol–water partition coefficient (Wildman–Crippen LogP) is 0.254. The second-order valence-corrected chi connectivity index (χ2v) is 3.49. The molecule has 0 radical (unpaired) electrons. The second-order valence-electron chi connectivity index (χ2n) is 3.49. The van der Waals surface area contributed by atoms with E-state index in [1.165, 1.54) is 0 Å². The van der Waals surface area contributed by atoms with E-state index in [0.717, 1.165) is 12.2 Å². The number of hydrogen-bond acceptors (Lipinski definition) is 4. The summed E-state index contributed by atoms with van der Waals surface area (Å²) in [6.07, 6.45) is 1.59. The Kier molecular flexibility index (Phi) is 3.82. The van der Waals surface area contributed by atoms with Crippen molar-refractivity contribution in [2.45, 2.75) is 33.2 Å². The molecule has 0 saturated heterocycles. The fraction of sp³-hybridized carbons (Fsp3) is 0.875. The zero-order chi connectivity index (χ0) is 9.68. The van der Waals surface area contributed by atoms with E-state index in [1.807, 2.05) is 0 Å². The van der Waals surface area contributed by atoms with E-state index < -0.39 is 0 Å². The molecule has 0 unspecified atom stereocenters. The normalized spacial score (nSPS) is 11.1. The highest BCUT2D eigenvalue weighted by Crippen LogP contribution is 2.03. The van der Waals surface area contributed by atoms with Gasteiger partial charge in [0.1, 0.15) is 0 Å². The van der Waals surface area contributed by atoms with Gasteiger partial charge >= 0.3 is 0 Å². The molecule has 0 atom stereocenters. The first-order valence-corrected chi connectivity index (χ1v) is 4.60. The van der Waals surface area contributed by atoms with Crippen LogP contribution in [0.3, 0.4) is 0 Å². The zero-order valence-electron chi connectivity index (χ0n) is 8.14. The van der Waals surface area contributed by atoms with E-state index in [4.69, 9.17) is 5.11 Å². The second kappa shape index (κ2) is 4.91. The van der Waals surface area contributed by atoms with Gasteiger partial charge in [-0.3, -0.25) is 0 Å². The molecule has 13 heavy (non-hydrogen) atoms. The van der Waals surface area contributed by atoms with Crippen molar-refractivity contribution in [2.75, 3.05) is 6.61 Å². The highest BCUT2D eigenvalue weighted by Gasteiger charge is 2.06. The molecule has 5 nitrogen and oxygen atoms in total. The minimum absolute atomic E-state index is 0.182. The predicted molar refractivity (Wildman–Crippen MR) is 48.1 cm³/mol. The lowest BCUT2D eigenvalue weighted by Crippen LogP contribution is -2.09. The van der Waals surface area contributed by atoms with Crippen LogP contribution in [0.4, 0.5) is 0 Å². The summed E-state index contributed by atoms with van der Waals surface area (Å²) in [7, 11) is 0. The van der Waals surface area contributed by atoms with Crippen molar-refractivity contribution in [2.24, 2.45) is 5.92 Å². The SMILES string of the molecule is CC(C)Cc1nnnn1CCCO. The lowest BCUT2D eigenvalue weighted by atomic mass is 10.1. The quantitative estimate of drug-likeness (QED) is 0.712. The van der Waals surface area contributed by atoms with Crippen LogP contribution in [0.1, 0.15) is 26.1 Å². The van der Waals surface area contributed by atoms with Crippen LogP contribution in [-0.4, -0.2) is 31.9 Å². The Balaban J connectivity index is 2.55. The van der Waals surface area contributed by atoms with Crippen molar-refractivity contribution >= 4 is 0 Å². The fourth-order valence-corrected chi connectivity index (χ4v) is 1.13. The number of tetrazole rings is 1. The summed E-state index contributed by atoms with van der Waals surface area (Å²) in [5, 5.41) is 20.0. The van der Waals surface area contributed by atoms with Crippen LogP contribution in [0.25, 0.3) is 0 Å². The van der Waals surface area contributed by atoms with E-state index >= 15 is 0 Å². The standard InChI is InChI=1S/C8H16N4O/c1-7(2)6-8-9-10-11-12(8)4-3-5-13/h7,13H,3-6H2,1-2H3. The van der Waals surface area contributed by atoms with Gasteiger partial charge in [0.2, 0.25) is 0 Å². The average molecular weight is 184 g/mol. The van der Waals surface area contributed by atoms with Crippen LogP contribution >= 0.6 is 0 Å².